The first-order valence-corrected chi connectivity index (χ1v) is 8.10. The summed E-state index contributed by atoms with van der Waals surface area (Å²) >= 11 is 1.19. The number of anilines is 1. The number of hydrogen-bond donors (Lipinski definition) is 1. The summed E-state index contributed by atoms with van der Waals surface area (Å²) in [4.78, 5) is 22.9. The lowest BCUT2D eigenvalue weighted by Gasteiger charge is -2.13. The quantitative estimate of drug-likeness (QED) is 0.445. The second-order valence-corrected chi connectivity index (χ2v) is 6.49. The summed E-state index contributed by atoms with van der Waals surface area (Å²) in [5, 5.41) is 12.7. The number of halogens is 3. The lowest BCUT2D eigenvalue weighted by atomic mass is 10.3. The first-order chi connectivity index (χ1) is 12.1. The van der Waals surface area contributed by atoms with Crippen molar-refractivity contribution < 1.29 is 27.6 Å². The van der Waals surface area contributed by atoms with Crippen molar-refractivity contribution in [1.29, 1.82) is 0 Å². The number of benzene rings is 2. The van der Waals surface area contributed by atoms with Crippen molar-refractivity contribution in [2.45, 2.75) is 23.4 Å². The molecule has 0 radical (unpaired) electrons. The molecule has 2 rings (SSSR count). The van der Waals surface area contributed by atoms with Crippen LogP contribution in [0.25, 0.3) is 0 Å². The summed E-state index contributed by atoms with van der Waals surface area (Å²) in [7, 11) is 0. The van der Waals surface area contributed by atoms with Crippen LogP contribution in [0.15, 0.2) is 53.4 Å². The molecular formula is C16H13F3N2O4S. The highest BCUT2D eigenvalue weighted by Crippen LogP contribution is 2.27. The fraction of sp³-hybridized carbons (Fsp3) is 0.188. The number of ether oxygens (including phenoxy) is 1. The normalized spacial score (nSPS) is 12.3. The Morgan fingerprint density at radius 2 is 1.73 bits per heavy atom. The molecule has 0 aliphatic rings. The third kappa shape index (κ3) is 5.96. The molecule has 1 atom stereocenters. The van der Waals surface area contributed by atoms with Crippen molar-refractivity contribution >= 4 is 29.0 Å². The minimum absolute atomic E-state index is 0.0485. The van der Waals surface area contributed by atoms with E-state index in [0.29, 0.717) is 10.6 Å². The smallest absolute Gasteiger partial charge is 0.406 e. The fourth-order valence-corrected chi connectivity index (χ4v) is 2.76. The molecule has 26 heavy (non-hydrogen) atoms. The average Bonchev–Trinajstić information content (AvgIpc) is 2.55. The van der Waals surface area contributed by atoms with Gasteiger partial charge >= 0.3 is 6.36 Å². The molecule has 6 nitrogen and oxygen atoms in total. The number of alkyl halides is 3. The van der Waals surface area contributed by atoms with Crippen LogP contribution >= 0.6 is 11.8 Å². The predicted octanol–water partition coefficient (Wildman–Crippen LogP) is 4.61. The summed E-state index contributed by atoms with van der Waals surface area (Å²) in [5.74, 6) is -0.748. The third-order valence-electron chi connectivity index (χ3n) is 3.09. The third-order valence-corrected chi connectivity index (χ3v) is 4.20. The molecule has 1 N–H and O–H groups in total. The fourth-order valence-electron chi connectivity index (χ4n) is 1.89. The number of nitrogens with one attached hydrogen (secondary N) is 1. The van der Waals surface area contributed by atoms with Gasteiger partial charge in [0.1, 0.15) is 5.75 Å². The topological polar surface area (TPSA) is 81.5 Å². The number of nitro benzene ring substituents is 1. The highest BCUT2D eigenvalue weighted by molar-refractivity contribution is 8.00. The van der Waals surface area contributed by atoms with Gasteiger partial charge in [0.05, 0.1) is 10.2 Å². The van der Waals surface area contributed by atoms with Gasteiger partial charge in [-0.15, -0.1) is 24.9 Å². The van der Waals surface area contributed by atoms with E-state index in [1.165, 1.54) is 48.2 Å². The van der Waals surface area contributed by atoms with Crippen LogP contribution < -0.4 is 10.1 Å². The van der Waals surface area contributed by atoms with Crippen molar-refractivity contribution in [3.05, 3.63) is 58.6 Å². The van der Waals surface area contributed by atoms with Crippen LogP contribution in [0.4, 0.5) is 24.5 Å². The van der Waals surface area contributed by atoms with E-state index >= 15 is 0 Å². The highest BCUT2D eigenvalue weighted by Gasteiger charge is 2.31. The summed E-state index contributed by atoms with van der Waals surface area (Å²) in [6.45, 7) is 1.64. The molecule has 0 unspecified atom stereocenters. The summed E-state index contributed by atoms with van der Waals surface area (Å²) in [6.07, 6.45) is -4.78. The van der Waals surface area contributed by atoms with Gasteiger partial charge in [0.15, 0.2) is 0 Å². The first-order valence-electron chi connectivity index (χ1n) is 7.22. The van der Waals surface area contributed by atoms with E-state index in [9.17, 15) is 28.1 Å². The van der Waals surface area contributed by atoms with Crippen molar-refractivity contribution in [1.82, 2.24) is 0 Å². The zero-order valence-corrected chi connectivity index (χ0v) is 14.1. The molecule has 0 heterocycles. The van der Waals surface area contributed by atoms with Crippen LogP contribution in [-0.4, -0.2) is 22.4 Å². The largest absolute Gasteiger partial charge is 0.573 e. The van der Waals surface area contributed by atoms with Gasteiger partial charge in [-0.2, -0.15) is 0 Å². The minimum Gasteiger partial charge on any atom is -0.406 e. The second-order valence-electron chi connectivity index (χ2n) is 5.07. The van der Waals surface area contributed by atoms with E-state index in [1.807, 2.05) is 0 Å². The molecule has 2 aromatic rings. The molecule has 0 saturated carbocycles. The van der Waals surface area contributed by atoms with Crippen molar-refractivity contribution in [2.24, 2.45) is 0 Å². The Bertz CT molecular complexity index is 780. The maximum absolute atomic E-state index is 12.2. The number of nitrogens with zero attached hydrogens (tertiary/aromatic N) is 1. The monoisotopic (exact) mass is 386 g/mol. The summed E-state index contributed by atoms with van der Waals surface area (Å²) in [5.41, 5.74) is 0.272. The molecule has 1 amide bonds. The molecule has 0 bridgehead atoms. The number of carbonyl (C=O) groups is 1. The number of carbonyl (C=O) groups excluding carboxylic acids is 1. The zero-order valence-electron chi connectivity index (χ0n) is 13.3. The minimum atomic E-state index is -4.78. The van der Waals surface area contributed by atoms with Gasteiger partial charge in [-0.1, -0.05) is 0 Å². The number of rotatable bonds is 6. The van der Waals surface area contributed by atoms with E-state index in [4.69, 9.17) is 0 Å². The van der Waals surface area contributed by atoms with Crippen LogP contribution in [0.2, 0.25) is 0 Å². The van der Waals surface area contributed by atoms with Crippen LogP contribution in [0.1, 0.15) is 6.92 Å². The molecule has 0 aliphatic carbocycles. The first kappa shape index (κ1) is 19.6. The van der Waals surface area contributed by atoms with Gasteiger partial charge < -0.3 is 10.1 Å². The van der Waals surface area contributed by atoms with Crippen molar-refractivity contribution in [2.75, 3.05) is 5.32 Å². The lowest BCUT2D eigenvalue weighted by Crippen LogP contribution is -2.22. The van der Waals surface area contributed by atoms with Crippen LogP contribution in [0.3, 0.4) is 0 Å². The Morgan fingerprint density at radius 1 is 1.15 bits per heavy atom. The summed E-state index contributed by atoms with van der Waals surface area (Å²) in [6, 6.07) is 10.5. The highest BCUT2D eigenvalue weighted by atomic mass is 32.2. The van der Waals surface area contributed by atoms with Gasteiger partial charge in [-0.25, -0.2) is 0 Å². The lowest BCUT2D eigenvalue weighted by molar-refractivity contribution is -0.384. The number of nitro groups is 1. The molecule has 2 aromatic carbocycles. The Morgan fingerprint density at radius 3 is 2.23 bits per heavy atom. The molecule has 0 aromatic heterocycles. The van der Waals surface area contributed by atoms with E-state index in [0.717, 1.165) is 12.1 Å². The molecule has 0 spiro atoms. The SMILES string of the molecule is C[C@H](Sc1ccc([N+](=O)[O-])cc1)C(=O)Nc1ccc(OC(F)(F)F)cc1. The maximum atomic E-state index is 12.2. The second kappa shape index (κ2) is 8.09. The molecule has 0 fully saturated rings. The number of thioether (sulfide) groups is 1. The Labute approximate surface area is 150 Å². The van der Waals surface area contributed by atoms with Crippen LogP contribution in [0.5, 0.6) is 5.75 Å². The number of non-ortho nitro benzene ring substituents is 1. The Balaban J connectivity index is 1.93. The standard InChI is InChI=1S/C16H13F3N2O4S/c1-10(26-14-8-4-12(5-9-14)21(23)24)15(22)20-11-2-6-13(7-3-11)25-16(17,18)19/h2-10H,1H3,(H,20,22)/t10-/m0/s1. The molecule has 0 saturated heterocycles. The predicted molar refractivity (Wildman–Crippen MR) is 90.2 cm³/mol. The molecule has 0 aliphatic heterocycles. The zero-order chi connectivity index (χ0) is 19.3. The average molecular weight is 386 g/mol. The van der Waals surface area contributed by atoms with E-state index < -0.39 is 16.5 Å². The summed E-state index contributed by atoms with van der Waals surface area (Å²) < 4.78 is 40.1. The van der Waals surface area contributed by atoms with E-state index in [-0.39, 0.29) is 17.3 Å². The number of amides is 1. The van der Waals surface area contributed by atoms with Crippen molar-refractivity contribution in [3.8, 4) is 5.75 Å². The Kier molecular flexibility index (Phi) is 6.09. The van der Waals surface area contributed by atoms with Gasteiger partial charge in [-0.05, 0) is 43.3 Å². The van der Waals surface area contributed by atoms with Gasteiger partial charge in [0.25, 0.3) is 5.69 Å². The maximum Gasteiger partial charge on any atom is 0.573 e. The van der Waals surface area contributed by atoms with Crippen LogP contribution in [-0.2, 0) is 4.79 Å². The van der Waals surface area contributed by atoms with Crippen molar-refractivity contribution in [3.63, 3.8) is 0 Å². The van der Waals surface area contributed by atoms with Gasteiger partial charge in [-0.3, -0.25) is 14.9 Å². The van der Waals surface area contributed by atoms with Gasteiger partial charge in [0.2, 0.25) is 5.91 Å². The van der Waals surface area contributed by atoms with E-state index in [2.05, 4.69) is 10.1 Å². The molecule has 10 heteroatoms. The van der Waals surface area contributed by atoms with E-state index in [1.54, 1.807) is 6.92 Å². The number of hydrogen-bond acceptors (Lipinski definition) is 5. The molecule has 138 valence electrons. The molecular weight excluding hydrogens is 373 g/mol. The Hall–Kier alpha value is -2.75. The van der Waals surface area contributed by atoms with Gasteiger partial charge in [0, 0.05) is 22.7 Å². The van der Waals surface area contributed by atoms with Crippen LogP contribution in [0, 0.1) is 10.1 Å².